The van der Waals surface area contributed by atoms with Crippen molar-refractivity contribution in [2.45, 2.75) is 19.8 Å². The number of hydrogen-bond acceptors (Lipinski definition) is 3. The van der Waals surface area contributed by atoms with Crippen molar-refractivity contribution in [3.8, 4) is 6.07 Å². The first kappa shape index (κ1) is 10.4. The van der Waals surface area contributed by atoms with Crippen molar-refractivity contribution in [1.82, 2.24) is 4.98 Å². The number of rotatable bonds is 2. The Morgan fingerprint density at radius 3 is 2.71 bits per heavy atom. The van der Waals surface area contributed by atoms with E-state index in [0.29, 0.717) is 11.3 Å². The summed E-state index contributed by atoms with van der Waals surface area (Å²) in [7, 11) is 0. The van der Waals surface area contributed by atoms with Crippen molar-refractivity contribution in [3.05, 3.63) is 23.0 Å². The molecule has 5 heteroatoms. The summed E-state index contributed by atoms with van der Waals surface area (Å²) in [6.45, 7) is 1.56. The molecule has 1 aromatic heterocycles. The molecule has 0 unspecified atom stereocenters. The molecule has 0 aliphatic rings. The molecular weight excluding hydrogens is 188 g/mol. The SMILES string of the molecule is Cc1nc(C(F)F)cc(N)c1CC#N. The second-order valence-corrected chi connectivity index (χ2v) is 2.84. The summed E-state index contributed by atoms with van der Waals surface area (Å²) in [4.78, 5) is 3.67. The van der Waals surface area contributed by atoms with Gasteiger partial charge in [-0.15, -0.1) is 0 Å². The number of anilines is 1. The fourth-order valence-corrected chi connectivity index (χ4v) is 1.17. The molecule has 0 atom stereocenters. The molecule has 2 N–H and O–H groups in total. The van der Waals surface area contributed by atoms with Crippen LogP contribution in [0.15, 0.2) is 6.07 Å². The van der Waals surface area contributed by atoms with Crippen molar-refractivity contribution in [2.24, 2.45) is 0 Å². The van der Waals surface area contributed by atoms with E-state index in [1.165, 1.54) is 0 Å². The van der Waals surface area contributed by atoms with Gasteiger partial charge >= 0.3 is 0 Å². The van der Waals surface area contributed by atoms with Crippen LogP contribution in [0.2, 0.25) is 0 Å². The Balaban J connectivity index is 3.19. The first-order valence-electron chi connectivity index (χ1n) is 3.97. The highest BCUT2D eigenvalue weighted by Gasteiger charge is 2.13. The molecule has 14 heavy (non-hydrogen) atoms. The Bertz CT molecular complexity index is 359. The van der Waals surface area contributed by atoms with E-state index < -0.39 is 6.43 Å². The number of pyridine rings is 1. The Labute approximate surface area is 80.2 Å². The summed E-state index contributed by atoms with van der Waals surface area (Å²) in [6.07, 6.45) is -2.54. The molecule has 0 fully saturated rings. The monoisotopic (exact) mass is 197 g/mol. The lowest BCUT2D eigenvalue weighted by molar-refractivity contribution is 0.146. The van der Waals surface area contributed by atoms with Gasteiger partial charge in [-0.3, -0.25) is 4.98 Å². The van der Waals surface area contributed by atoms with E-state index in [4.69, 9.17) is 11.0 Å². The molecule has 74 valence electrons. The summed E-state index contributed by atoms with van der Waals surface area (Å²) in [5.41, 5.74) is 6.29. The van der Waals surface area contributed by atoms with E-state index >= 15 is 0 Å². The molecule has 1 heterocycles. The number of nitrogens with two attached hydrogens (primary N) is 1. The predicted molar refractivity (Wildman–Crippen MR) is 47.7 cm³/mol. The van der Waals surface area contributed by atoms with Crippen LogP contribution in [-0.4, -0.2) is 4.98 Å². The van der Waals surface area contributed by atoms with E-state index in [9.17, 15) is 8.78 Å². The van der Waals surface area contributed by atoms with Crippen molar-refractivity contribution >= 4 is 5.69 Å². The maximum absolute atomic E-state index is 12.3. The number of hydrogen-bond donors (Lipinski definition) is 1. The minimum atomic E-state index is -2.63. The third kappa shape index (κ3) is 1.96. The molecule has 0 spiro atoms. The fraction of sp³-hybridized carbons (Fsp3) is 0.333. The van der Waals surface area contributed by atoms with Crippen LogP contribution < -0.4 is 5.73 Å². The van der Waals surface area contributed by atoms with Crippen molar-refractivity contribution in [1.29, 1.82) is 5.26 Å². The van der Waals surface area contributed by atoms with Gasteiger partial charge in [-0.05, 0) is 13.0 Å². The minimum Gasteiger partial charge on any atom is -0.398 e. The van der Waals surface area contributed by atoms with Crippen LogP contribution in [0, 0.1) is 18.3 Å². The minimum absolute atomic E-state index is 0.0915. The fourth-order valence-electron chi connectivity index (χ4n) is 1.17. The first-order valence-corrected chi connectivity index (χ1v) is 3.97. The molecule has 0 saturated heterocycles. The van der Waals surface area contributed by atoms with Gasteiger partial charge in [-0.1, -0.05) is 0 Å². The molecule has 0 bridgehead atoms. The summed E-state index contributed by atoms with van der Waals surface area (Å²) in [5.74, 6) is 0. The summed E-state index contributed by atoms with van der Waals surface area (Å²) in [6, 6.07) is 3.02. The molecule has 0 amide bonds. The van der Waals surface area contributed by atoms with Crippen LogP contribution in [0.1, 0.15) is 23.4 Å². The van der Waals surface area contributed by atoms with E-state index in [2.05, 4.69) is 4.98 Å². The molecule has 1 aromatic rings. The summed E-state index contributed by atoms with van der Waals surface area (Å²) >= 11 is 0. The van der Waals surface area contributed by atoms with Crippen LogP contribution >= 0.6 is 0 Å². The zero-order chi connectivity index (χ0) is 10.7. The Hall–Kier alpha value is -1.70. The van der Waals surface area contributed by atoms with Crippen molar-refractivity contribution in [3.63, 3.8) is 0 Å². The third-order valence-electron chi connectivity index (χ3n) is 1.86. The number of nitrogens with zero attached hydrogens (tertiary/aromatic N) is 2. The molecule has 3 nitrogen and oxygen atoms in total. The normalized spacial score (nSPS) is 10.2. The highest BCUT2D eigenvalue weighted by atomic mass is 19.3. The topological polar surface area (TPSA) is 62.7 Å². The predicted octanol–water partition coefficient (Wildman–Crippen LogP) is 1.98. The largest absolute Gasteiger partial charge is 0.398 e. The maximum Gasteiger partial charge on any atom is 0.280 e. The van der Waals surface area contributed by atoms with Gasteiger partial charge < -0.3 is 5.73 Å². The lowest BCUT2D eigenvalue weighted by Gasteiger charge is -2.08. The number of nitrogen functional groups attached to an aromatic ring is 1. The number of aromatic nitrogens is 1. The molecular formula is C9H9F2N3. The van der Waals surface area contributed by atoms with E-state index in [-0.39, 0.29) is 17.8 Å². The Morgan fingerprint density at radius 2 is 2.29 bits per heavy atom. The number of nitriles is 1. The molecule has 0 saturated carbocycles. The second kappa shape index (κ2) is 4.01. The van der Waals surface area contributed by atoms with Gasteiger partial charge in [-0.2, -0.15) is 5.26 Å². The number of aryl methyl sites for hydroxylation is 1. The average Bonchev–Trinajstić information content (AvgIpc) is 2.10. The van der Waals surface area contributed by atoms with Crippen LogP contribution in [0.3, 0.4) is 0 Å². The van der Waals surface area contributed by atoms with Crippen LogP contribution in [0.4, 0.5) is 14.5 Å². The lowest BCUT2D eigenvalue weighted by Crippen LogP contribution is -2.03. The van der Waals surface area contributed by atoms with Crippen molar-refractivity contribution < 1.29 is 8.78 Å². The first-order chi connectivity index (χ1) is 6.56. The third-order valence-corrected chi connectivity index (χ3v) is 1.86. The standard InChI is InChI=1S/C9H9F2N3/c1-5-6(2-3-12)7(13)4-8(14-5)9(10)11/h4,9H,2H2,1H3,(H2,13,14). The maximum atomic E-state index is 12.3. The zero-order valence-electron chi connectivity index (χ0n) is 7.59. The van der Waals surface area contributed by atoms with E-state index in [1.54, 1.807) is 6.92 Å². The highest BCUT2D eigenvalue weighted by Crippen LogP contribution is 2.23. The van der Waals surface area contributed by atoms with Gasteiger partial charge in [0.2, 0.25) is 0 Å². The number of alkyl halides is 2. The highest BCUT2D eigenvalue weighted by molar-refractivity contribution is 5.51. The van der Waals surface area contributed by atoms with Gasteiger partial charge in [0, 0.05) is 16.9 Å². The summed E-state index contributed by atoms with van der Waals surface area (Å²) in [5, 5.41) is 8.47. The Morgan fingerprint density at radius 1 is 1.64 bits per heavy atom. The van der Waals surface area contributed by atoms with E-state index in [0.717, 1.165) is 6.07 Å². The van der Waals surface area contributed by atoms with Crippen LogP contribution in [-0.2, 0) is 6.42 Å². The molecule has 0 radical (unpaired) electrons. The van der Waals surface area contributed by atoms with Crippen LogP contribution in [0.5, 0.6) is 0 Å². The lowest BCUT2D eigenvalue weighted by atomic mass is 10.1. The van der Waals surface area contributed by atoms with Gasteiger partial charge in [-0.25, -0.2) is 8.78 Å². The van der Waals surface area contributed by atoms with Crippen LogP contribution in [0.25, 0.3) is 0 Å². The van der Waals surface area contributed by atoms with Crippen molar-refractivity contribution in [2.75, 3.05) is 5.73 Å². The van der Waals surface area contributed by atoms with E-state index in [1.807, 2.05) is 6.07 Å². The Kier molecular flexibility index (Phi) is 2.97. The van der Waals surface area contributed by atoms with Gasteiger partial charge in [0.05, 0.1) is 12.5 Å². The molecule has 0 aromatic carbocycles. The molecule has 0 aliphatic carbocycles. The zero-order valence-corrected chi connectivity index (χ0v) is 7.59. The number of halogens is 2. The quantitative estimate of drug-likeness (QED) is 0.788. The second-order valence-electron chi connectivity index (χ2n) is 2.84. The summed E-state index contributed by atoms with van der Waals surface area (Å²) < 4.78 is 24.5. The smallest absolute Gasteiger partial charge is 0.280 e. The molecule has 0 aliphatic heterocycles. The van der Waals surface area contributed by atoms with Gasteiger partial charge in [0.1, 0.15) is 5.69 Å². The molecule has 1 rings (SSSR count). The van der Waals surface area contributed by atoms with Gasteiger partial charge in [0.15, 0.2) is 0 Å². The average molecular weight is 197 g/mol. The van der Waals surface area contributed by atoms with Gasteiger partial charge in [0.25, 0.3) is 6.43 Å².